The average Bonchev–Trinajstić information content (AvgIpc) is 3.40. The SMILES string of the molecule is Cc1cccc2c1nc(C(F)(F)F)c1nc(-c3ccc[nH]3)n(CCC3CCNCC3)c12. The Bertz CT molecular complexity index is 1220. The van der Waals surface area contributed by atoms with Crippen LogP contribution in [0.5, 0.6) is 0 Å². The third-order valence-electron chi connectivity index (χ3n) is 6.24. The molecule has 0 atom stereocenters. The summed E-state index contributed by atoms with van der Waals surface area (Å²) < 4.78 is 44.0. The molecule has 4 aromatic rings. The summed E-state index contributed by atoms with van der Waals surface area (Å²) in [7, 11) is 0. The summed E-state index contributed by atoms with van der Waals surface area (Å²) in [6.07, 6.45) is 0.240. The van der Waals surface area contributed by atoms with Gasteiger partial charge < -0.3 is 14.9 Å². The molecule has 2 N–H and O–H groups in total. The third kappa shape index (κ3) is 3.59. The highest BCUT2D eigenvalue weighted by molar-refractivity contribution is 6.05. The number of halogens is 3. The number of fused-ring (bicyclic) bond motifs is 3. The van der Waals surface area contributed by atoms with E-state index in [1.165, 1.54) is 0 Å². The van der Waals surface area contributed by atoms with Crippen LogP contribution in [0.1, 0.15) is 30.5 Å². The van der Waals surface area contributed by atoms with Crippen molar-refractivity contribution in [3.8, 4) is 11.5 Å². The van der Waals surface area contributed by atoms with Gasteiger partial charge in [-0.25, -0.2) is 9.97 Å². The number of pyridine rings is 1. The predicted octanol–water partition coefficient (Wildman–Crippen LogP) is 5.30. The molecule has 0 aliphatic carbocycles. The fraction of sp³-hybridized carbons (Fsp3) is 0.391. The molecule has 0 unspecified atom stereocenters. The van der Waals surface area contributed by atoms with Crippen LogP contribution in [0.25, 0.3) is 33.5 Å². The maximum Gasteiger partial charge on any atom is 0.435 e. The van der Waals surface area contributed by atoms with Crippen molar-refractivity contribution in [2.75, 3.05) is 13.1 Å². The molecule has 0 bridgehead atoms. The number of aryl methyl sites for hydroxylation is 2. The molecule has 0 amide bonds. The van der Waals surface area contributed by atoms with Crippen LogP contribution in [-0.2, 0) is 12.7 Å². The smallest absolute Gasteiger partial charge is 0.359 e. The van der Waals surface area contributed by atoms with E-state index in [0.717, 1.165) is 37.9 Å². The summed E-state index contributed by atoms with van der Waals surface area (Å²) in [6.45, 7) is 4.38. The number of rotatable bonds is 4. The van der Waals surface area contributed by atoms with E-state index in [1.807, 2.05) is 28.8 Å². The number of hydrogen-bond donors (Lipinski definition) is 2. The molecule has 1 fully saturated rings. The molecular weight excluding hydrogens is 403 g/mol. The van der Waals surface area contributed by atoms with Crippen molar-refractivity contribution in [2.45, 2.75) is 38.9 Å². The van der Waals surface area contributed by atoms with Gasteiger partial charge >= 0.3 is 6.18 Å². The van der Waals surface area contributed by atoms with Crippen LogP contribution in [0.3, 0.4) is 0 Å². The molecule has 5 rings (SSSR count). The van der Waals surface area contributed by atoms with Gasteiger partial charge in [-0.3, -0.25) is 0 Å². The van der Waals surface area contributed by atoms with Crippen molar-refractivity contribution in [2.24, 2.45) is 5.92 Å². The van der Waals surface area contributed by atoms with E-state index in [0.29, 0.717) is 40.4 Å². The molecule has 31 heavy (non-hydrogen) atoms. The number of piperidine rings is 1. The van der Waals surface area contributed by atoms with E-state index in [1.54, 1.807) is 19.2 Å². The Morgan fingerprint density at radius 2 is 1.87 bits per heavy atom. The summed E-state index contributed by atoms with van der Waals surface area (Å²) >= 11 is 0. The van der Waals surface area contributed by atoms with Gasteiger partial charge in [0.1, 0.15) is 5.52 Å². The maximum absolute atomic E-state index is 14.0. The molecule has 1 aromatic carbocycles. The highest BCUT2D eigenvalue weighted by Crippen LogP contribution is 2.39. The Morgan fingerprint density at radius 1 is 1.06 bits per heavy atom. The second-order valence-corrected chi connectivity index (χ2v) is 8.28. The van der Waals surface area contributed by atoms with Gasteiger partial charge in [0.15, 0.2) is 11.5 Å². The van der Waals surface area contributed by atoms with E-state index in [-0.39, 0.29) is 5.52 Å². The number of hydrogen-bond acceptors (Lipinski definition) is 3. The fourth-order valence-electron chi connectivity index (χ4n) is 4.63. The van der Waals surface area contributed by atoms with Crippen molar-refractivity contribution in [1.82, 2.24) is 24.8 Å². The molecule has 4 heterocycles. The molecule has 1 aliphatic heterocycles. The normalized spacial score (nSPS) is 15.9. The minimum Gasteiger partial charge on any atom is -0.359 e. The lowest BCUT2D eigenvalue weighted by Gasteiger charge is -2.23. The van der Waals surface area contributed by atoms with Crippen LogP contribution >= 0.6 is 0 Å². The lowest BCUT2D eigenvalue weighted by atomic mass is 9.94. The Morgan fingerprint density at radius 3 is 2.58 bits per heavy atom. The first-order chi connectivity index (χ1) is 14.9. The number of H-pyrrole nitrogens is 1. The number of aromatic nitrogens is 4. The molecule has 8 heteroatoms. The number of alkyl halides is 3. The van der Waals surface area contributed by atoms with E-state index in [4.69, 9.17) is 0 Å². The molecule has 1 saturated heterocycles. The van der Waals surface area contributed by atoms with Crippen LogP contribution in [0.15, 0.2) is 36.5 Å². The molecule has 5 nitrogen and oxygen atoms in total. The minimum atomic E-state index is -4.59. The summed E-state index contributed by atoms with van der Waals surface area (Å²) in [5, 5.41) is 4.08. The molecule has 1 aliphatic rings. The second-order valence-electron chi connectivity index (χ2n) is 8.28. The van der Waals surface area contributed by atoms with Crippen molar-refractivity contribution in [1.29, 1.82) is 0 Å². The average molecular weight is 427 g/mol. The van der Waals surface area contributed by atoms with E-state index >= 15 is 0 Å². The summed E-state index contributed by atoms with van der Waals surface area (Å²) in [5.74, 6) is 1.07. The van der Waals surface area contributed by atoms with Gasteiger partial charge in [0.2, 0.25) is 0 Å². The number of imidazole rings is 1. The quantitative estimate of drug-likeness (QED) is 0.465. The van der Waals surface area contributed by atoms with Crippen molar-refractivity contribution >= 4 is 21.9 Å². The van der Waals surface area contributed by atoms with Gasteiger partial charge in [-0.2, -0.15) is 13.2 Å². The Hall–Kier alpha value is -2.87. The summed E-state index contributed by atoms with van der Waals surface area (Å²) in [5.41, 5.74) is 1.31. The monoisotopic (exact) mass is 427 g/mol. The summed E-state index contributed by atoms with van der Waals surface area (Å²) in [4.78, 5) is 11.7. The lowest BCUT2D eigenvalue weighted by Crippen LogP contribution is -2.28. The van der Waals surface area contributed by atoms with Gasteiger partial charge in [-0.1, -0.05) is 18.2 Å². The van der Waals surface area contributed by atoms with E-state index < -0.39 is 11.9 Å². The molecular formula is C23H24F3N5. The van der Waals surface area contributed by atoms with Crippen molar-refractivity contribution < 1.29 is 13.2 Å². The lowest BCUT2D eigenvalue weighted by molar-refractivity contribution is -0.139. The molecule has 0 saturated carbocycles. The van der Waals surface area contributed by atoms with E-state index in [9.17, 15) is 13.2 Å². The topological polar surface area (TPSA) is 58.5 Å². The Labute approximate surface area is 177 Å². The molecule has 0 spiro atoms. The fourth-order valence-corrected chi connectivity index (χ4v) is 4.63. The number of aromatic amines is 1. The Kier molecular flexibility index (Phi) is 4.97. The zero-order chi connectivity index (χ0) is 21.6. The van der Waals surface area contributed by atoms with Gasteiger partial charge in [-0.05, 0) is 62.9 Å². The van der Waals surface area contributed by atoms with Gasteiger partial charge in [0, 0.05) is 18.1 Å². The highest BCUT2D eigenvalue weighted by Gasteiger charge is 2.38. The predicted molar refractivity (Wildman–Crippen MR) is 115 cm³/mol. The van der Waals surface area contributed by atoms with Crippen LogP contribution in [0.2, 0.25) is 0 Å². The zero-order valence-corrected chi connectivity index (χ0v) is 17.3. The van der Waals surface area contributed by atoms with Gasteiger partial charge in [-0.15, -0.1) is 0 Å². The summed E-state index contributed by atoms with van der Waals surface area (Å²) in [6, 6.07) is 9.18. The van der Waals surface area contributed by atoms with Crippen LogP contribution in [-0.4, -0.2) is 32.6 Å². The van der Waals surface area contributed by atoms with Gasteiger partial charge in [0.05, 0.1) is 16.7 Å². The van der Waals surface area contributed by atoms with Crippen LogP contribution in [0, 0.1) is 12.8 Å². The number of para-hydroxylation sites is 1. The minimum absolute atomic E-state index is 0.0829. The highest BCUT2D eigenvalue weighted by atomic mass is 19.4. The third-order valence-corrected chi connectivity index (χ3v) is 6.24. The molecule has 3 aromatic heterocycles. The standard InChI is InChI=1S/C23H24F3N5/c1-14-4-2-5-16-18(14)29-21(23(24,25)26)19-20(16)31(13-9-15-7-11-27-12-8-15)22(30-19)17-6-3-10-28-17/h2-6,10,15,27-28H,7-9,11-13H2,1H3. The molecule has 0 radical (unpaired) electrons. The van der Waals surface area contributed by atoms with Crippen molar-refractivity contribution in [3.63, 3.8) is 0 Å². The first-order valence-electron chi connectivity index (χ1n) is 10.6. The number of nitrogens with zero attached hydrogens (tertiary/aromatic N) is 3. The number of benzene rings is 1. The first-order valence-corrected chi connectivity index (χ1v) is 10.6. The zero-order valence-electron chi connectivity index (χ0n) is 17.3. The van der Waals surface area contributed by atoms with Crippen LogP contribution < -0.4 is 5.32 Å². The number of nitrogens with one attached hydrogen (secondary N) is 2. The van der Waals surface area contributed by atoms with Crippen molar-refractivity contribution in [3.05, 3.63) is 47.8 Å². The van der Waals surface area contributed by atoms with E-state index in [2.05, 4.69) is 20.3 Å². The maximum atomic E-state index is 14.0. The van der Waals surface area contributed by atoms with Crippen LogP contribution in [0.4, 0.5) is 13.2 Å². The first kappa shape index (κ1) is 20.1. The second kappa shape index (κ2) is 7.67. The molecule has 162 valence electrons. The Balaban J connectivity index is 1.77. The van der Waals surface area contributed by atoms with Gasteiger partial charge in [0.25, 0.3) is 0 Å². The largest absolute Gasteiger partial charge is 0.435 e.